The fourth-order valence-corrected chi connectivity index (χ4v) is 4.34. The Morgan fingerprint density at radius 1 is 1.00 bits per heavy atom. The standard InChI is InChI=1S/C29H25NO6/c1-18-5-3-6-20(15-18)17-35-22-11-9-21(10-12-22)27(31)25-26(24-13-8-19(2)36-24)30(29(33)28(25)32)16-23-7-4-14-34-23/h3-15,26,31H,16-17H2,1-2H3/t26-/m0/s1. The Balaban J connectivity index is 1.45. The SMILES string of the molecule is Cc1cccc(COc2ccc(C(O)=C3C(=O)C(=O)N(Cc4ccco4)[C@H]3c3ccc(C)o3)cc2)c1. The van der Waals surface area contributed by atoms with Crippen molar-refractivity contribution in [3.8, 4) is 5.75 Å². The zero-order valence-electron chi connectivity index (χ0n) is 19.9. The molecule has 1 N–H and O–H groups in total. The molecule has 0 saturated carbocycles. The zero-order valence-corrected chi connectivity index (χ0v) is 19.9. The van der Waals surface area contributed by atoms with E-state index in [1.165, 1.54) is 11.2 Å². The Morgan fingerprint density at radius 3 is 2.47 bits per heavy atom. The number of nitrogens with zero attached hydrogens (tertiary/aromatic N) is 1. The van der Waals surface area contributed by atoms with E-state index in [1.807, 2.05) is 25.1 Å². The molecule has 7 heteroatoms. The highest BCUT2D eigenvalue weighted by molar-refractivity contribution is 6.46. The Bertz CT molecular complexity index is 1430. The number of furan rings is 2. The molecule has 1 aliphatic rings. The average molecular weight is 484 g/mol. The first-order chi connectivity index (χ1) is 17.4. The van der Waals surface area contributed by atoms with Crippen LogP contribution >= 0.6 is 0 Å². The van der Waals surface area contributed by atoms with Crippen LogP contribution in [0.25, 0.3) is 5.76 Å². The summed E-state index contributed by atoms with van der Waals surface area (Å²) < 4.78 is 17.0. The summed E-state index contributed by atoms with van der Waals surface area (Å²) in [7, 11) is 0. The van der Waals surface area contributed by atoms with Gasteiger partial charge in [0.1, 0.15) is 41.4 Å². The fraction of sp³-hybridized carbons (Fsp3) is 0.172. The maximum absolute atomic E-state index is 13.1. The number of rotatable bonds is 7. The van der Waals surface area contributed by atoms with Crippen molar-refractivity contribution in [3.05, 3.63) is 119 Å². The van der Waals surface area contributed by atoms with E-state index in [9.17, 15) is 14.7 Å². The van der Waals surface area contributed by atoms with Crippen molar-refractivity contribution >= 4 is 17.4 Å². The fourth-order valence-electron chi connectivity index (χ4n) is 4.34. The van der Waals surface area contributed by atoms with Gasteiger partial charge < -0.3 is 23.6 Å². The molecule has 0 radical (unpaired) electrons. The van der Waals surface area contributed by atoms with E-state index in [0.717, 1.165) is 11.1 Å². The first-order valence-electron chi connectivity index (χ1n) is 11.6. The lowest BCUT2D eigenvalue weighted by atomic mass is 9.99. The van der Waals surface area contributed by atoms with Crippen molar-refractivity contribution in [3.63, 3.8) is 0 Å². The second kappa shape index (κ2) is 9.62. The van der Waals surface area contributed by atoms with E-state index in [1.54, 1.807) is 55.5 Å². The molecule has 1 atom stereocenters. The van der Waals surface area contributed by atoms with Crippen LogP contribution in [0.15, 0.2) is 93.5 Å². The van der Waals surface area contributed by atoms with Gasteiger partial charge in [-0.1, -0.05) is 29.8 Å². The second-order valence-electron chi connectivity index (χ2n) is 8.76. The number of amides is 1. The number of hydrogen-bond donors (Lipinski definition) is 1. The number of carbonyl (C=O) groups is 2. The van der Waals surface area contributed by atoms with Crippen LogP contribution in [0.1, 0.15) is 40.0 Å². The number of aliphatic hydroxyl groups is 1. The average Bonchev–Trinajstić information content (AvgIpc) is 3.60. The molecule has 0 unspecified atom stereocenters. The summed E-state index contributed by atoms with van der Waals surface area (Å²) in [4.78, 5) is 27.4. The number of aryl methyl sites for hydroxylation is 2. The molecule has 36 heavy (non-hydrogen) atoms. The van der Waals surface area contributed by atoms with Gasteiger partial charge in [0.25, 0.3) is 11.7 Å². The van der Waals surface area contributed by atoms with Crippen molar-refractivity contribution < 1.29 is 28.3 Å². The molecule has 2 aromatic carbocycles. The molecule has 2 aromatic heterocycles. The van der Waals surface area contributed by atoms with Gasteiger partial charge in [-0.2, -0.15) is 0 Å². The van der Waals surface area contributed by atoms with Gasteiger partial charge in [-0.3, -0.25) is 9.59 Å². The van der Waals surface area contributed by atoms with Crippen molar-refractivity contribution in [1.29, 1.82) is 0 Å². The number of likely N-dealkylation sites (tertiary alicyclic amines) is 1. The van der Waals surface area contributed by atoms with Crippen molar-refractivity contribution in [2.24, 2.45) is 0 Å². The number of benzene rings is 2. The first kappa shape index (κ1) is 23.2. The topological polar surface area (TPSA) is 93.1 Å². The molecular formula is C29H25NO6. The first-order valence-corrected chi connectivity index (χ1v) is 11.6. The molecule has 7 nitrogen and oxygen atoms in total. The third kappa shape index (κ3) is 4.55. The van der Waals surface area contributed by atoms with Gasteiger partial charge in [0.15, 0.2) is 0 Å². The maximum Gasteiger partial charge on any atom is 0.296 e. The highest BCUT2D eigenvalue weighted by atomic mass is 16.5. The van der Waals surface area contributed by atoms with Crippen LogP contribution in [0.5, 0.6) is 5.75 Å². The summed E-state index contributed by atoms with van der Waals surface area (Å²) in [5.74, 6) is 0.356. The van der Waals surface area contributed by atoms with Crippen LogP contribution in [0, 0.1) is 13.8 Å². The Morgan fingerprint density at radius 2 is 1.81 bits per heavy atom. The third-order valence-corrected chi connectivity index (χ3v) is 6.09. The van der Waals surface area contributed by atoms with E-state index in [2.05, 4.69) is 6.07 Å². The number of ether oxygens (including phenoxy) is 1. The minimum atomic E-state index is -0.888. The predicted octanol–water partition coefficient (Wildman–Crippen LogP) is 5.69. The van der Waals surface area contributed by atoms with Gasteiger partial charge in [0, 0.05) is 5.56 Å². The molecule has 3 heterocycles. The lowest BCUT2D eigenvalue weighted by Gasteiger charge is -2.22. The predicted molar refractivity (Wildman–Crippen MR) is 132 cm³/mol. The highest BCUT2D eigenvalue weighted by Gasteiger charge is 2.47. The summed E-state index contributed by atoms with van der Waals surface area (Å²) in [6, 6.07) is 20.8. The molecule has 1 saturated heterocycles. The zero-order chi connectivity index (χ0) is 25.2. The highest BCUT2D eigenvalue weighted by Crippen LogP contribution is 2.41. The van der Waals surface area contributed by atoms with E-state index in [-0.39, 0.29) is 17.9 Å². The minimum absolute atomic E-state index is 0.0330. The number of ketones is 1. The molecule has 0 bridgehead atoms. The van der Waals surface area contributed by atoms with Crippen molar-refractivity contribution in [2.75, 3.05) is 0 Å². The number of aliphatic hydroxyl groups excluding tert-OH is 1. The molecule has 1 amide bonds. The number of hydrogen-bond acceptors (Lipinski definition) is 6. The van der Waals surface area contributed by atoms with E-state index >= 15 is 0 Å². The minimum Gasteiger partial charge on any atom is -0.507 e. The maximum atomic E-state index is 13.1. The van der Waals surface area contributed by atoms with Gasteiger partial charge in [-0.25, -0.2) is 0 Å². The second-order valence-corrected chi connectivity index (χ2v) is 8.76. The summed E-state index contributed by atoms with van der Waals surface area (Å²) in [6.07, 6.45) is 1.50. The molecule has 182 valence electrons. The smallest absolute Gasteiger partial charge is 0.296 e. The number of carbonyl (C=O) groups excluding carboxylic acids is 2. The molecule has 4 aromatic rings. The van der Waals surface area contributed by atoms with Gasteiger partial charge in [-0.15, -0.1) is 0 Å². The Labute approximate surface area is 208 Å². The summed E-state index contributed by atoms with van der Waals surface area (Å²) >= 11 is 0. The molecule has 5 rings (SSSR count). The normalized spacial score (nSPS) is 17.1. The Kier molecular flexibility index (Phi) is 6.21. The Hall–Kier alpha value is -4.52. The monoisotopic (exact) mass is 483 g/mol. The third-order valence-electron chi connectivity index (χ3n) is 6.09. The quantitative estimate of drug-likeness (QED) is 0.206. The summed E-state index contributed by atoms with van der Waals surface area (Å²) in [5, 5.41) is 11.2. The van der Waals surface area contributed by atoms with E-state index < -0.39 is 17.7 Å². The van der Waals surface area contributed by atoms with Crippen molar-refractivity contribution in [2.45, 2.75) is 33.0 Å². The lowest BCUT2D eigenvalue weighted by molar-refractivity contribution is -0.140. The molecule has 0 spiro atoms. The van der Waals surface area contributed by atoms with Crippen LogP contribution in [0.3, 0.4) is 0 Å². The largest absolute Gasteiger partial charge is 0.507 e. The lowest BCUT2D eigenvalue weighted by Crippen LogP contribution is -2.28. The number of Topliss-reactive ketones (excluding diaryl/α,β-unsaturated/α-hetero) is 1. The molecular weight excluding hydrogens is 458 g/mol. The van der Waals surface area contributed by atoms with Gasteiger partial charge in [-0.05, 0) is 67.9 Å². The molecule has 1 aliphatic heterocycles. The van der Waals surface area contributed by atoms with Crippen LogP contribution in [-0.2, 0) is 22.7 Å². The van der Waals surface area contributed by atoms with Crippen LogP contribution in [0.4, 0.5) is 0 Å². The summed E-state index contributed by atoms with van der Waals surface area (Å²) in [6.45, 7) is 4.27. The van der Waals surface area contributed by atoms with Crippen LogP contribution < -0.4 is 4.74 Å². The van der Waals surface area contributed by atoms with Crippen molar-refractivity contribution in [1.82, 2.24) is 4.90 Å². The summed E-state index contributed by atoms with van der Waals surface area (Å²) in [5.41, 5.74) is 2.56. The van der Waals surface area contributed by atoms with Crippen LogP contribution in [-0.4, -0.2) is 21.7 Å². The molecule has 0 aliphatic carbocycles. The van der Waals surface area contributed by atoms with Gasteiger partial charge in [0.2, 0.25) is 0 Å². The van der Waals surface area contributed by atoms with Crippen LogP contribution in [0.2, 0.25) is 0 Å². The van der Waals surface area contributed by atoms with E-state index in [0.29, 0.717) is 35.2 Å². The van der Waals surface area contributed by atoms with Gasteiger partial charge in [0.05, 0.1) is 18.4 Å². The van der Waals surface area contributed by atoms with Gasteiger partial charge >= 0.3 is 0 Å². The van der Waals surface area contributed by atoms with E-state index in [4.69, 9.17) is 13.6 Å². The molecule has 1 fully saturated rings.